The van der Waals surface area contributed by atoms with Crippen LogP contribution in [0.3, 0.4) is 0 Å². The van der Waals surface area contributed by atoms with Gasteiger partial charge < -0.3 is 23.7 Å². The van der Waals surface area contributed by atoms with Gasteiger partial charge in [-0.15, -0.1) is 4.91 Å². The second kappa shape index (κ2) is 11.4. The largest absolute Gasteiger partial charge is 0.414 e. The van der Waals surface area contributed by atoms with Gasteiger partial charge in [0.25, 0.3) is 5.95 Å². The molecule has 2 aromatic heterocycles. The number of ether oxygens (including phenoxy) is 1. The molecule has 0 aromatic carbocycles. The second-order valence-electron chi connectivity index (χ2n) is 16.1. The lowest BCUT2D eigenvalue weighted by atomic mass is 10.1. The minimum absolute atomic E-state index is 0.0328. The first-order valence-corrected chi connectivity index (χ1v) is 23.5. The number of nitrogens with zero attached hydrogens (tertiary/aromatic N) is 5. The van der Waals surface area contributed by atoms with Gasteiger partial charge in [0.2, 0.25) is 0 Å². The van der Waals surface area contributed by atoms with E-state index in [9.17, 15) is 4.91 Å². The molecule has 2 aromatic rings. The van der Waals surface area contributed by atoms with Crippen LogP contribution in [0.2, 0.25) is 54.4 Å². The lowest BCUT2D eigenvalue weighted by Gasteiger charge is -2.44. The molecule has 0 saturated carbocycles. The zero-order valence-corrected chi connectivity index (χ0v) is 31.4. The summed E-state index contributed by atoms with van der Waals surface area (Å²) in [6.45, 7) is 33.8. The third-order valence-corrected chi connectivity index (χ3v) is 23.4. The molecule has 11 nitrogen and oxygen atoms in total. The highest BCUT2D eigenvalue weighted by molar-refractivity contribution is 6.75. The maximum absolute atomic E-state index is 11.4. The lowest BCUT2D eigenvalue weighted by molar-refractivity contribution is -0.0470. The molecule has 238 valence electrons. The number of rotatable bonds is 9. The standard InChI is InChI=1S/C28H54N6O5Si3/c1-26(2,3)40(10,11)36-16-18-20(38-41(12,13)27(4,5)6)21(39-42(14,15)28(7,8)9)24(37-18)34-17-30-19-22(29)31-25(33-35)32-23(19)34/h17-18,20-21,24H,16H2,1-15H3,(H2,29,31,32)/t18-,20-,21-,24-/m1/s1. The maximum Gasteiger partial charge on any atom is 0.295 e. The van der Waals surface area contributed by atoms with Crippen molar-refractivity contribution in [2.45, 2.75) is 141 Å². The molecule has 1 fully saturated rings. The highest BCUT2D eigenvalue weighted by atomic mass is 28.4. The zero-order valence-electron chi connectivity index (χ0n) is 28.4. The van der Waals surface area contributed by atoms with E-state index in [4.69, 9.17) is 23.7 Å². The maximum atomic E-state index is 11.4. The highest BCUT2D eigenvalue weighted by Gasteiger charge is 2.55. The van der Waals surface area contributed by atoms with Crippen molar-refractivity contribution >= 4 is 47.9 Å². The third kappa shape index (κ3) is 6.89. The van der Waals surface area contributed by atoms with Gasteiger partial charge in [-0.3, -0.25) is 4.57 Å². The van der Waals surface area contributed by atoms with Crippen LogP contribution in [0.25, 0.3) is 11.2 Å². The SMILES string of the molecule is CC(C)(C)[Si](C)(C)OC[C@H]1O[C@@H](n2cnc3c(N)nc(N=O)nc32)[C@H](O[Si](C)(C)C(C)(C)C)[C@@H]1O[Si](C)(C)C(C)(C)C. The number of anilines is 1. The van der Waals surface area contributed by atoms with E-state index in [0.717, 1.165) is 0 Å². The fourth-order valence-electron chi connectivity index (χ4n) is 4.03. The minimum atomic E-state index is -2.34. The first kappa shape index (κ1) is 34.9. The summed E-state index contributed by atoms with van der Waals surface area (Å²) in [6.07, 6.45) is -0.337. The van der Waals surface area contributed by atoms with E-state index < -0.39 is 49.5 Å². The first-order chi connectivity index (χ1) is 18.8. The normalized spacial score (nSPS) is 23.1. The summed E-state index contributed by atoms with van der Waals surface area (Å²) in [6, 6.07) is 0. The molecule has 0 spiro atoms. The molecule has 0 radical (unpaired) electrons. The number of nitroso groups, excluding NO2 is 1. The Hall–Kier alpha value is -1.56. The van der Waals surface area contributed by atoms with Crippen LogP contribution in [0.15, 0.2) is 11.5 Å². The molecule has 0 unspecified atom stereocenters. The lowest BCUT2D eigenvalue weighted by Crippen LogP contribution is -2.54. The van der Waals surface area contributed by atoms with Gasteiger partial charge in [-0.1, -0.05) is 62.3 Å². The molecule has 0 bridgehead atoms. The number of nitrogen functional groups attached to an aromatic ring is 1. The van der Waals surface area contributed by atoms with Crippen LogP contribution in [0.4, 0.5) is 11.8 Å². The Balaban J connectivity index is 2.20. The molecule has 0 aliphatic carbocycles. The van der Waals surface area contributed by atoms with E-state index in [0.29, 0.717) is 17.8 Å². The van der Waals surface area contributed by atoms with Gasteiger partial charge in [0.1, 0.15) is 23.8 Å². The fourth-order valence-corrected chi connectivity index (χ4v) is 7.65. The summed E-state index contributed by atoms with van der Waals surface area (Å²) >= 11 is 0. The molecule has 14 heteroatoms. The molecule has 0 amide bonds. The van der Waals surface area contributed by atoms with E-state index >= 15 is 0 Å². The van der Waals surface area contributed by atoms with E-state index in [1.165, 1.54) is 0 Å². The molecular formula is C28H54N6O5Si3. The number of imidazole rings is 1. The topological polar surface area (TPSA) is 136 Å². The molecule has 1 aliphatic rings. The monoisotopic (exact) mass is 638 g/mol. The van der Waals surface area contributed by atoms with Crippen LogP contribution in [-0.4, -0.2) is 69.4 Å². The molecule has 1 aliphatic heterocycles. The van der Waals surface area contributed by atoms with Crippen molar-refractivity contribution in [3.63, 3.8) is 0 Å². The number of nitrogens with two attached hydrogens (primary N) is 1. The molecule has 3 rings (SSSR count). The number of fused-ring (bicyclic) bond motifs is 1. The Bertz CT molecular complexity index is 1280. The van der Waals surface area contributed by atoms with Gasteiger partial charge >= 0.3 is 0 Å². The van der Waals surface area contributed by atoms with Crippen LogP contribution in [0.5, 0.6) is 0 Å². The first-order valence-electron chi connectivity index (χ1n) is 14.8. The summed E-state index contributed by atoms with van der Waals surface area (Å²) in [5.74, 6) is -0.173. The molecule has 3 heterocycles. The van der Waals surface area contributed by atoms with Gasteiger partial charge in [-0.05, 0) is 54.4 Å². The summed E-state index contributed by atoms with van der Waals surface area (Å²) in [4.78, 5) is 24.2. The van der Waals surface area contributed by atoms with Crippen molar-refractivity contribution in [1.82, 2.24) is 19.5 Å². The van der Waals surface area contributed by atoms with Crippen molar-refractivity contribution in [3.05, 3.63) is 11.2 Å². The van der Waals surface area contributed by atoms with Gasteiger partial charge in [0, 0.05) is 5.18 Å². The van der Waals surface area contributed by atoms with Crippen molar-refractivity contribution < 1.29 is 18.0 Å². The summed E-state index contributed by atoms with van der Waals surface area (Å²) in [5, 5.41) is 2.87. The third-order valence-electron chi connectivity index (χ3n) is 9.97. The van der Waals surface area contributed by atoms with Gasteiger partial charge in [0.05, 0.1) is 12.9 Å². The summed E-state index contributed by atoms with van der Waals surface area (Å²) in [7, 11) is -6.74. The second-order valence-corrected chi connectivity index (χ2v) is 30.5. The predicted octanol–water partition coefficient (Wildman–Crippen LogP) is 7.51. The molecular weight excluding hydrogens is 585 g/mol. The van der Waals surface area contributed by atoms with Crippen LogP contribution < -0.4 is 5.73 Å². The Kier molecular flexibility index (Phi) is 9.50. The Labute approximate surface area is 255 Å². The van der Waals surface area contributed by atoms with Crippen molar-refractivity contribution in [3.8, 4) is 0 Å². The average Bonchev–Trinajstić information content (AvgIpc) is 3.37. The van der Waals surface area contributed by atoms with Crippen molar-refractivity contribution in [2.24, 2.45) is 5.18 Å². The quantitative estimate of drug-likeness (QED) is 0.219. The van der Waals surface area contributed by atoms with Gasteiger partial charge in [-0.25, -0.2) is 4.98 Å². The fraction of sp³-hybridized carbons (Fsp3) is 0.821. The van der Waals surface area contributed by atoms with E-state index in [2.05, 4.69) is 122 Å². The predicted molar refractivity (Wildman–Crippen MR) is 176 cm³/mol. The highest BCUT2D eigenvalue weighted by Crippen LogP contribution is 2.47. The number of hydrogen-bond acceptors (Lipinski definition) is 10. The summed E-state index contributed by atoms with van der Waals surface area (Å²) < 4.78 is 29.8. The van der Waals surface area contributed by atoms with Crippen LogP contribution in [0, 0.1) is 4.91 Å². The minimum Gasteiger partial charge on any atom is -0.414 e. The molecule has 4 atom stereocenters. The van der Waals surface area contributed by atoms with Gasteiger partial charge in [-0.2, -0.15) is 9.97 Å². The van der Waals surface area contributed by atoms with E-state index in [1.54, 1.807) is 10.9 Å². The van der Waals surface area contributed by atoms with E-state index in [-0.39, 0.29) is 26.9 Å². The number of aromatic nitrogens is 4. The van der Waals surface area contributed by atoms with E-state index in [1.807, 2.05) is 0 Å². The van der Waals surface area contributed by atoms with Crippen LogP contribution >= 0.6 is 0 Å². The van der Waals surface area contributed by atoms with Crippen LogP contribution in [-0.2, 0) is 18.0 Å². The smallest absolute Gasteiger partial charge is 0.295 e. The van der Waals surface area contributed by atoms with Crippen molar-refractivity contribution in [1.29, 1.82) is 0 Å². The number of hydrogen-bond donors (Lipinski definition) is 1. The molecule has 42 heavy (non-hydrogen) atoms. The Morgan fingerprint density at radius 3 is 1.83 bits per heavy atom. The molecule has 1 saturated heterocycles. The Morgan fingerprint density at radius 1 is 0.857 bits per heavy atom. The van der Waals surface area contributed by atoms with Crippen molar-refractivity contribution in [2.75, 3.05) is 12.3 Å². The molecule has 2 N–H and O–H groups in total. The summed E-state index contributed by atoms with van der Waals surface area (Å²) in [5.41, 5.74) is 6.87. The Morgan fingerprint density at radius 2 is 1.36 bits per heavy atom. The average molecular weight is 639 g/mol. The zero-order chi connectivity index (χ0) is 32.3. The van der Waals surface area contributed by atoms with Gasteiger partial charge in [0.15, 0.2) is 42.6 Å². The van der Waals surface area contributed by atoms with Crippen LogP contribution in [0.1, 0.15) is 68.5 Å².